The van der Waals surface area contributed by atoms with Crippen LogP contribution in [0.5, 0.6) is 0 Å². The minimum absolute atomic E-state index is 0.111. The van der Waals surface area contributed by atoms with Crippen LogP contribution in [0.3, 0.4) is 0 Å². The molecule has 3 N–H and O–H groups in total. The molecule has 0 amide bonds. The van der Waals surface area contributed by atoms with Gasteiger partial charge < -0.3 is 15.8 Å². The van der Waals surface area contributed by atoms with Gasteiger partial charge in [0.05, 0.1) is 22.2 Å². The van der Waals surface area contributed by atoms with Gasteiger partial charge in [0.15, 0.2) is 9.84 Å². The first-order chi connectivity index (χ1) is 14.1. The summed E-state index contributed by atoms with van der Waals surface area (Å²) in [4.78, 5) is 2.21. The van der Waals surface area contributed by atoms with Gasteiger partial charge >= 0.3 is 0 Å². The number of unbranched alkanes of at least 4 members (excludes halogenated alkanes) is 1. The van der Waals surface area contributed by atoms with Crippen LogP contribution in [0.25, 0.3) is 0 Å². The SMILES string of the molecule is CCCC[C@]1(CC)CS(=O)(=O)c2ccc(N(C)C)cc2[C@@H](c2cccc(N)c2)N1O. The number of benzene rings is 2. The van der Waals surface area contributed by atoms with Crippen molar-refractivity contribution in [2.24, 2.45) is 0 Å². The lowest BCUT2D eigenvalue weighted by atomic mass is 9.87. The lowest BCUT2D eigenvalue weighted by Crippen LogP contribution is -2.51. The highest BCUT2D eigenvalue weighted by Crippen LogP contribution is 2.45. The van der Waals surface area contributed by atoms with Crippen molar-refractivity contribution in [2.45, 2.75) is 56.0 Å². The number of rotatable bonds is 6. The topological polar surface area (TPSA) is 86.9 Å². The molecule has 164 valence electrons. The van der Waals surface area contributed by atoms with Gasteiger partial charge in [0.2, 0.25) is 0 Å². The quantitative estimate of drug-likeness (QED) is 0.665. The van der Waals surface area contributed by atoms with Gasteiger partial charge in [-0.25, -0.2) is 8.42 Å². The lowest BCUT2D eigenvalue weighted by molar-refractivity contribution is -0.193. The Labute approximate surface area is 180 Å². The van der Waals surface area contributed by atoms with E-state index in [0.717, 1.165) is 24.1 Å². The molecule has 0 spiro atoms. The molecule has 6 nitrogen and oxygen atoms in total. The van der Waals surface area contributed by atoms with E-state index < -0.39 is 21.4 Å². The first-order valence-electron chi connectivity index (χ1n) is 10.5. The molecule has 0 aliphatic carbocycles. The Kier molecular flexibility index (Phi) is 6.45. The standard InChI is InChI=1S/C23H33N3O3S/c1-5-7-13-23(6-2)16-30(28,29)21-12-11-19(25(3)4)15-20(21)22(26(23)27)17-9-8-10-18(24)14-17/h8-12,14-15,22,27H,5-7,13,16,24H2,1-4H3/t22-,23-/m1/s1. The molecular formula is C23H33N3O3S. The van der Waals surface area contributed by atoms with E-state index in [2.05, 4.69) is 6.92 Å². The van der Waals surface area contributed by atoms with E-state index in [-0.39, 0.29) is 10.6 Å². The average Bonchev–Trinajstić information content (AvgIpc) is 2.77. The zero-order chi connectivity index (χ0) is 22.1. The summed E-state index contributed by atoms with van der Waals surface area (Å²) in [6, 6.07) is 12.1. The second-order valence-electron chi connectivity index (χ2n) is 8.47. The smallest absolute Gasteiger partial charge is 0.180 e. The van der Waals surface area contributed by atoms with Gasteiger partial charge in [-0.15, -0.1) is 0 Å². The molecule has 0 fully saturated rings. The van der Waals surface area contributed by atoms with Crippen molar-refractivity contribution in [3.8, 4) is 0 Å². The van der Waals surface area contributed by atoms with E-state index in [1.54, 1.807) is 12.1 Å². The maximum absolute atomic E-state index is 13.5. The van der Waals surface area contributed by atoms with E-state index >= 15 is 0 Å². The molecule has 1 aliphatic rings. The van der Waals surface area contributed by atoms with E-state index in [1.165, 1.54) is 5.06 Å². The van der Waals surface area contributed by atoms with Crippen molar-refractivity contribution in [1.82, 2.24) is 5.06 Å². The Morgan fingerprint density at radius 3 is 2.53 bits per heavy atom. The first-order valence-corrected chi connectivity index (χ1v) is 12.2. The number of nitrogen functional groups attached to an aromatic ring is 1. The third kappa shape index (κ3) is 4.06. The average molecular weight is 432 g/mol. The van der Waals surface area contributed by atoms with E-state index in [9.17, 15) is 13.6 Å². The fourth-order valence-corrected chi connectivity index (χ4v) is 6.55. The predicted octanol–water partition coefficient (Wildman–Crippen LogP) is 4.24. The molecule has 30 heavy (non-hydrogen) atoms. The largest absolute Gasteiger partial charge is 0.399 e. The summed E-state index contributed by atoms with van der Waals surface area (Å²) < 4.78 is 27.1. The van der Waals surface area contributed by atoms with E-state index in [4.69, 9.17) is 5.73 Å². The van der Waals surface area contributed by atoms with Crippen molar-refractivity contribution in [3.63, 3.8) is 0 Å². The number of nitrogens with zero attached hydrogens (tertiary/aromatic N) is 2. The summed E-state index contributed by atoms with van der Waals surface area (Å²) in [6.07, 6.45) is 2.89. The third-order valence-corrected chi connectivity index (χ3v) is 8.17. The molecule has 7 heteroatoms. The molecule has 0 saturated heterocycles. The zero-order valence-electron chi connectivity index (χ0n) is 18.3. The number of hydrogen-bond acceptors (Lipinski definition) is 6. The van der Waals surface area contributed by atoms with Gasteiger partial charge in [-0.2, -0.15) is 5.06 Å². The number of anilines is 2. The molecule has 1 heterocycles. The van der Waals surface area contributed by atoms with Gasteiger partial charge in [0.1, 0.15) is 0 Å². The Balaban J connectivity index is 2.32. The molecule has 0 unspecified atom stereocenters. The minimum atomic E-state index is -3.61. The van der Waals surface area contributed by atoms with Crippen molar-refractivity contribution < 1.29 is 13.6 Å². The van der Waals surface area contributed by atoms with Gasteiger partial charge in [-0.3, -0.25) is 0 Å². The van der Waals surface area contributed by atoms with Crippen LogP contribution in [0.2, 0.25) is 0 Å². The Morgan fingerprint density at radius 2 is 1.93 bits per heavy atom. The fraction of sp³-hybridized carbons (Fsp3) is 0.478. The Bertz CT molecular complexity index is 1010. The molecule has 3 rings (SSSR count). The third-order valence-electron chi connectivity index (χ3n) is 6.21. The van der Waals surface area contributed by atoms with Crippen LogP contribution in [-0.2, 0) is 9.84 Å². The van der Waals surface area contributed by atoms with Crippen LogP contribution in [0.4, 0.5) is 11.4 Å². The summed E-state index contributed by atoms with van der Waals surface area (Å²) in [5.41, 5.74) is 8.00. The predicted molar refractivity (Wildman–Crippen MR) is 122 cm³/mol. The molecule has 1 aliphatic heterocycles. The highest BCUT2D eigenvalue weighted by Gasteiger charge is 2.47. The van der Waals surface area contributed by atoms with E-state index in [1.807, 2.05) is 56.3 Å². The normalized spacial score (nSPS) is 23.6. The van der Waals surface area contributed by atoms with Crippen LogP contribution < -0.4 is 10.6 Å². The van der Waals surface area contributed by atoms with Crippen molar-refractivity contribution >= 4 is 21.2 Å². The molecule has 2 aromatic carbocycles. The van der Waals surface area contributed by atoms with Gasteiger partial charge in [-0.1, -0.05) is 38.8 Å². The van der Waals surface area contributed by atoms with E-state index in [0.29, 0.717) is 24.1 Å². The van der Waals surface area contributed by atoms with Crippen molar-refractivity contribution in [1.29, 1.82) is 0 Å². The molecule has 0 aromatic heterocycles. The summed E-state index contributed by atoms with van der Waals surface area (Å²) in [5.74, 6) is -0.111. The molecular weight excluding hydrogens is 398 g/mol. The summed E-state index contributed by atoms with van der Waals surface area (Å²) >= 11 is 0. The van der Waals surface area contributed by atoms with Crippen LogP contribution in [-0.4, -0.2) is 44.1 Å². The van der Waals surface area contributed by atoms with Gasteiger partial charge in [0.25, 0.3) is 0 Å². The van der Waals surface area contributed by atoms with Crippen LogP contribution >= 0.6 is 0 Å². The highest BCUT2D eigenvalue weighted by atomic mass is 32.2. The summed E-state index contributed by atoms with van der Waals surface area (Å²) in [5, 5.41) is 13.0. The molecule has 2 aromatic rings. The Hall–Kier alpha value is -2.09. The van der Waals surface area contributed by atoms with Crippen LogP contribution in [0.1, 0.15) is 56.7 Å². The maximum atomic E-state index is 13.5. The fourth-order valence-electron chi connectivity index (χ4n) is 4.40. The lowest BCUT2D eigenvalue weighted by Gasteiger charge is -2.42. The first kappa shape index (κ1) is 22.6. The number of fused-ring (bicyclic) bond motifs is 1. The molecule has 0 saturated carbocycles. The number of sulfone groups is 1. The van der Waals surface area contributed by atoms with Gasteiger partial charge in [-0.05, 0) is 54.3 Å². The Morgan fingerprint density at radius 1 is 1.20 bits per heavy atom. The maximum Gasteiger partial charge on any atom is 0.180 e. The van der Waals surface area contributed by atoms with Crippen molar-refractivity contribution in [3.05, 3.63) is 53.6 Å². The van der Waals surface area contributed by atoms with Gasteiger partial charge in [0, 0.05) is 25.5 Å². The van der Waals surface area contributed by atoms with Crippen molar-refractivity contribution in [2.75, 3.05) is 30.5 Å². The number of hydrogen-bond donors (Lipinski definition) is 2. The van der Waals surface area contributed by atoms with Crippen LogP contribution in [0, 0.1) is 0 Å². The molecule has 0 radical (unpaired) electrons. The summed E-state index contributed by atoms with van der Waals surface area (Å²) in [6.45, 7) is 4.02. The summed E-state index contributed by atoms with van der Waals surface area (Å²) in [7, 11) is 0.220. The highest BCUT2D eigenvalue weighted by molar-refractivity contribution is 7.91. The number of nitrogens with two attached hydrogens (primary N) is 1. The molecule has 0 bridgehead atoms. The minimum Gasteiger partial charge on any atom is -0.399 e. The monoisotopic (exact) mass is 431 g/mol. The second kappa shape index (κ2) is 8.57. The second-order valence-corrected chi connectivity index (χ2v) is 10.4. The zero-order valence-corrected chi connectivity index (χ0v) is 19.1. The molecule has 2 atom stereocenters. The van der Waals surface area contributed by atoms with Crippen LogP contribution in [0.15, 0.2) is 47.4 Å². The number of hydroxylamine groups is 2.